The van der Waals surface area contributed by atoms with Gasteiger partial charge >= 0.3 is 5.97 Å². The molecule has 1 atom stereocenters. The van der Waals surface area contributed by atoms with E-state index < -0.39 is 12.0 Å². The van der Waals surface area contributed by atoms with E-state index in [4.69, 9.17) is 14.5 Å². The lowest BCUT2D eigenvalue weighted by atomic mass is 9.72. The molecule has 0 aliphatic heterocycles. The molecule has 2 fully saturated rings. The molecule has 6 nitrogen and oxygen atoms in total. The van der Waals surface area contributed by atoms with Gasteiger partial charge in [0, 0.05) is 22.4 Å². The van der Waals surface area contributed by atoms with Crippen LogP contribution < -0.4 is 10.1 Å². The summed E-state index contributed by atoms with van der Waals surface area (Å²) in [4.78, 5) is 32.0. The molecule has 1 N–H and O–H groups in total. The molecule has 5 rings (SSSR count). The van der Waals surface area contributed by atoms with Gasteiger partial charge < -0.3 is 14.8 Å². The van der Waals surface area contributed by atoms with Gasteiger partial charge in [-0.3, -0.25) is 4.79 Å². The molecule has 2 aliphatic rings. The second-order valence-electron chi connectivity index (χ2n) is 13.1. The average molecular weight is 656 g/mol. The smallest absolute Gasteiger partial charge is 0.328 e. The van der Waals surface area contributed by atoms with Crippen LogP contribution in [0.4, 0.5) is 0 Å². The van der Waals surface area contributed by atoms with Crippen molar-refractivity contribution in [1.82, 2.24) is 10.3 Å². The van der Waals surface area contributed by atoms with Crippen molar-refractivity contribution >= 4 is 49.9 Å². The molecule has 0 saturated heterocycles. The van der Waals surface area contributed by atoms with Crippen LogP contribution in [-0.4, -0.2) is 36.1 Å². The fourth-order valence-electron chi connectivity index (χ4n) is 6.60. The molecular formula is C34H43BrN2O4S. The Morgan fingerprint density at radius 2 is 1.79 bits per heavy atom. The molecule has 0 bridgehead atoms. The van der Waals surface area contributed by atoms with Crippen LogP contribution in [0, 0.1) is 17.3 Å². The number of esters is 1. The van der Waals surface area contributed by atoms with E-state index in [9.17, 15) is 9.59 Å². The molecule has 0 spiro atoms. The largest absolute Gasteiger partial charge is 0.490 e. The number of nitrogens with zero attached hydrogens (tertiary/aromatic N) is 1. The Morgan fingerprint density at radius 1 is 1.05 bits per heavy atom. The van der Waals surface area contributed by atoms with Gasteiger partial charge in [0.1, 0.15) is 17.5 Å². The molecule has 0 radical (unpaired) electrons. The number of aromatic nitrogens is 1. The Labute approximate surface area is 262 Å². The van der Waals surface area contributed by atoms with Crippen LogP contribution in [0.2, 0.25) is 0 Å². The summed E-state index contributed by atoms with van der Waals surface area (Å²) >= 11 is 5.00. The van der Waals surface area contributed by atoms with Gasteiger partial charge in [-0.15, -0.1) is 11.3 Å². The normalized spacial score (nSPS) is 20.4. The predicted octanol–water partition coefficient (Wildman–Crippen LogP) is 8.29. The van der Waals surface area contributed by atoms with Gasteiger partial charge in [0.25, 0.3) is 5.91 Å². The number of halogens is 1. The first-order valence-corrected chi connectivity index (χ1v) is 16.9. The maximum Gasteiger partial charge on any atom is 0.328 e. The Morgan fingerprint density at radius 3 is 2.43 bits per heavy atom. The Kier molecular flexibility index (Phi) is 9.93. The maximum absolute atomic E-state index is 13.5. The minimum atomic E-state index is -0.798. The van der Waals surface area contributed by atoms with E-state index >= 15 is 0 Å². The van der Waals surface area contributed by atoms with Crippen molar-refractivity contribution < 1.29 is 19.1 Å². The van der Waals surface area contributed by atoms with E-state index in [-0.39, 0.29) is 12.0 Å². The third kappa shape index (κ3) is 7.73. The first kappa shape index (κ1) is 31.0. The van der Waals surface area contributed by atoms with Crippen molar-refractivity contribution in [3.63, 3.8) is 0 Å². The van der Waals surface area contributed by atoms with E-state index in [1.165, 1.54) is 57.0 Å². The third-order valence-electron chi connectivity index (χ3n) is 9.10. The quantitative estimate of drug-likeness (QED) is 0.235. The molecule has 3 aromatic rings. The summed E-state index contributed by atoms with van der Waals surface area (Å²) in [6, 6.07) is 11.1. The molecule has 42 heavy (non-hydrogen) atoms. The first-order valence-electron chi connectivity index (χ1n) is 15.3. The Balaban J connectivity index is 1.37. The van der Waals surface area contributed by atoms with Crippen molar-refractivity contribution in [3.05, 3.63) is 56.4 Å². The molecule has 2 saturated carbocycles. The second-order valence-corrected chi connectivity index (χ2v) is 15.7. The van der Waals surface area contributed by atoms with E-state index in [0.717, 1.165) is 56.1 Å². The van der Waals surface area contributed by atoms with Crippen molar-refractivity contribution in [1.29, 1.82) is 0 Å². The highest BCUT2D eigenvalue weighted by molar-refractivity contribution is 9.11. The number of hydrogen-bond acceptors (Lipinski definition) is 6. The SMILES string of the molecule is COC(=O)C(Cc1ccc(Br)s1)NC(=O)c1cc2ccc(OC3CCC(C(C)(C)C)CC3)cc2c(CC2CCCC2)n1. The lowest BCUT2D eigenvalue weighted by Crippen LogP contribution is -2.43. The summed E-state index contributed by atoms with van der Waals surface area (Å²) in [5, 5.41) is 4.91. The number of benzene rings is 1. The van der Waals surface area contributed by atoms with Crippen molar-refractivity contribution in [2.45, 2.75) is 97.1 Å². The van der Waals surface area contributed by atoms with Crippen LogP contribution in [0.5, 0.6) is 5.75 Å². The van der Waals surface area contributed by atoms with Gasteiger partial charge in [-0.2, -0.15) is 0 Å². The van der Waals surface area contributed by atoms with E-state index in [1.807, 2.05) is 30.3 Å². The number of nitrogens with one attached hydrogen (secondary N) is 1. The van der Waals surface area contributed by atoms with Crippen molar-refractivity contribution in [3.8, 4) is 5.75 Å². The fraction of sp³-hybridized carbons (Fsp3) is 0.559. The van der Waals surface area contributed by atoms with Crippen LogP contribution in [0.25, 0.3) is 10.8 Å². The van der Waals surface area contributed by atoms with Crippen LogP contribution in [-0.2, 0) is 22.4 Å². The summed E-state index contributed by atoms with van der Waals surface area (Å²) in [6.07, 6.45) is 10.8. The summed E-state index contributed by atoms with van der Waals surface area (Å²) in [7, 11) is 1.34. The number of thiophene rings is 1. The number of fused-ring (bicyclic) bond motifs is 1. The zero-order valence-electron chi connectivity index (χ0n) is 25.2. The highest BCUT2D eigenvalue weighted by atomic mass is 79.9. The van der Waals surface area contributed by atoms with E-state index in [2.05, 4.69) is 48.1 Å². The van der Waals surface area contributed by atoms with Crippen LogP contribution >= 0.6 is 27.3 Å². The Hall–Kier alpha value is -2.45. The van der Waals surface area contributed by atoms with Gasteiger partial charge in [-0.1, -0.05) is 52.5 Å². The van der Waals surface area contributed by atoms with Gasteiger partial charge in [0.15, 0.2) is 0 Å². The number of amides is 1. The van der Waals surface area contributed by atoms with Crippen LogP contribution in [0.15, 0.2) is 40.2 Å². The highest BCUT2D eigenvalue weighted by Crippen LogP contribution is 2.39. The van der Waals surface area contributed by atoms with Crippen molar-refractivity contribution in [2.24, 2.45) is 17.3 Å². The van der Waals surface area contributed by atoms with Crippen LogP contribution in [0.3, 0.4) is 0 Å². The van der Waals surface area contributed by atoms with Gasteiger partial charge in [0.05, 0.1) is 17.0 Å². The maximum atomic E-state index is 13.5. The molecule has 2 aliphatic carbocycles. The third-order valence-corrected chi connectivity index (χ3v) is 10.7. The molecule has 1 unspecified atom stereocenters. The monoisotopic (exact) mass is 654 g/mol. The lowest BCUT2D eigenvalue weighted by Gasteiger charge is -2.37. The molecular weight excluding hydrogens is 612 g/mol. The standard InChI is InChI=1S/C34H43BrN2O4S/c1-34(2,3)23-10-13-24(14-11-23)41-25-12-9-22-18-29(36-28(27(22)19-25)17-21-7-5-6-8-21)32(38)37-30(33(39)40-4)20-26-15-16-31(35)42-26/h9,12,15-16,18-19,21,23-24,30H,5-8,10-11,13-14,17,20H2,1-4H3,(H,37,38). The molecule has 2 aromatic heterocycles. The van der Waals surface area contributed by atoms with Gasteiger partial charge in [-0.05, 0) is 101 Å². The zero-order valence-corrected chi connectivity index (χ0v) is 27.6. The number of pyridine rings is 1. The average Bonchev–Trinajstić information content (AvgIpc) is 3.63. The fourth-order valence-corrected chi connectivity index (χ4v) is 8.13. The van der Waals surface area contributed by atoms with Crippen LogP contribution in [0.1, 0.15) is 93.2 Å². The number of hydrogen-bond donors (Lipinski definition) is 1. The van der Waals surface area contributed by atoms with Crippen molar-refractivity contribution in [2.75, 3.05) is 7.11 Å². The predicted molar refractivity (Wildman–Crippen MR) is 172 cm³/mol. The summed E-state index contributed by atoms with van der Waals surface area (Å²) < 4.78 is 12.5. The Bertz CT molecular complexity index is 1400. The molecule has 1 amide bonds. The van der Waals surface area contributed by atoms with E-state index in [0.29, 0.717) is 23.4 Å². The summed E-state index contributed by atoms with van der Waals surface area (Å²) in [5.74, 6) is 1.34. The highest BCUT2D eigenvalue weighted by Gasteiger charge is 2.31. The number of ether oxygens (including phenoxy) is 2. The number of carbonyl (C=O) groups is 2. The minimum Gasteiger partial charge on any atom is -0.490 e. The van der Waals surface area contributed by atoms with Gasteiger partial charge in [-0.25, -0.2) is 9.78 Å². The second kappa shape index (κ2) is 13.5. The lowest BCUT2D eigenvalue weighted by molar-refractivity contribution is -0.142. The topological polar surface area (TPSA) is 77.5 Å². The number of rotatable bonds is 9. The molecule has 2 heterocycles. The minimum absolute atomic E-state index is 0.233. The molecule has 226 valence electrons. The summed E-state index contributed by atoms with van der Waals surface area (Å²) in [6.45, 7) is 7.02. The zero-order chi connectivity index (χ0) is 29.9. The summed E-state index contributed by atoms with van der Waals surface area (Å²) in [5.41, 5.74) is 1.60. The molecule has 1 aromatic carbocycles. The number of methoxy groups -OCH3 is 1. The van der Waals surface area contributed by atoms with E-state index in [1.54, 1.807) is 0 Å². The number of carbonyl (C=O) groups excluding carboxylic acids is 2. The van der Waals surface area contributed by atoms with Gasteiger partial charge in [0.2, 0.25) is 0 Å². The first-order chi connectivity index (χ1) is 20.1. The molecule has 8 heteroatoms.